The van der Waals surface area contributed by atoms with Gasteiger partial charge >= 0.3 is 11.9 Å². The lowest BCUT2D eigenvalue weighted by Crippen LogP contribution is -2.03. The maximum absolute atomic E-state index is 11.0. The van der Waals surface area contributed by atoms with Crippen molar-refractivity contribution in [2.24, 2.45) is 0 Å². The lowest BCUT2D eigenvalue weighted by Gasteiger charge is -2.06. The normalized spacial score (nSPS) is 10.0. The molecule has 1 rings (SSSR count). The molecular weight excluding hydrogens is 304 g/mol. The van der Waals surface area contributed by atoms with E-state index in [-0.39, 0.29) is 11.9 Å². The summed E-state index contributed by atoms with van der Waals surface area (Å²) in [6, 6.07) is 8.48. The summed E-state index contributed by atoms with van der Waals surface area (Å²) in [7, 11) is 0. The van der Waals surface area contributed by atoms with Gasteiger partial charge in [-0.25, -0.2) is 9.59 Å². The monoisotopic (exact) mass is 330 g/mol. The maximum atomic E-state index is 11.0. The van der Waals surface area contributed by atoms with Gasteiger partial charge in [0.25, 0.3) is 0 Å². The van der Waals surface area contributed by atoms with Crippen LogP contribution in [0.15, 0.2) is 49.6 Å². The fourth-order valence-electron chi connectivity index (χ4n) is 2.29. The van der Waals surface area contributed by atoms with Gasteiger partial charge in [-0.3, -0.25) is 0 Å². The summed E-state index contributed by atoms with van der Waals surface area (Å²) >= 11 is 0. The first-order valence-corrected chi connectivity index (χ1v) is 8.32. The van der Waals surface area contributed by atoms with E-state index in [0.717, 1.165) is 38.5 Å². The van der Waals surface area contributed by atoms with E-state index in [1.807, 2.05) is 0 Å². The average Bonchev–Trinajstić information content (AvgIpc) is 2.61. The average molecular weight is 330 g/mol. The third-order valence-corrected chi connectivity index (χ3v) is 3.53. The highest BCUT2D eigenvalue weighted by atomic mass is 16.5. The number of esters is 2. The van der Waals surface area contributed by atoms with E-state index in [0.29, 0.717) is 13.2 Å². The van der Waals surface area contributed by atoms with Gasteiger partial charge in [0.2, 0.25) is 0 Å². The minimum Gasteiger partial charge on any atom is -0.463 e. The van der Waals surface area contributed by atoms with E-state index in [4.69, 9.17) is 9.47 Å². The van der Waals surface area contributed by atoms with Crippen LogP contribution in [0.4, 0.5) is 0 Å². The molecule has 130 valence electrons. The van der Waals surface area contributed by atoms with Crippen molar-refractivity contribution in [3.8, 4) is 0 Å². The number of unbranched alkanes of at least 4 members (excludes halogenated alkanes) is 2. The van der Waals surface area contributed by atoms with Crippen LogP contribution >= 0.6 is 0 Å². The quantitative estimate of drug-likeness (QED) is 0.332. The predicted molar refractivity (Wildman–Crippen MR) is 94.6 cm³/mol. The molecule has 0 radical (unpaired) electrons. The van der Waals surface area contributed by atoms with Crippen LogP contribution in [0.2, 0.25) is 0 Å². The largest absolute Gasteiger partial charge is 0.463 e. The van der Waals surface area contributed by atoms with Crippen LogP contribution in [0.1, 0.15) is 36.8 Å². The van der Waals surface area contributed by atoms with Gasteiger partial charge in [-0.15, -0.1) is 0 Å². The topological polar surface area (TPSA) is 52.6 Å². The number of benzene rings is 1. The second-order valence-electron chi connectivity index (χ2n) is 5.48. The molecule has 0 aromatic heterocycles. The fourth-order valence-corrected chi connectivity index (χ4v) is 2.29. The number of rotatable bonds is 12. The Morgan fingerprint density at radius 3 is 1.96 bits per heavy atom. The molecule has 0 aliphatic carbocycles. The molecule has 0 heterocycles. The van der Waals surface area contributed by atoms with Crippen molar-refractivity contribution in [3.05, 3.63) is 60.7 Å². The van der Waals surface area contributed by atoms with Crippen LogP contribution in [0, 0.1) is 0 Å². The number of carbonyl (C=O) groups excluding carboxylic acids is 2. The van der Waals surface area contributed by atoms with Gasteiger partial charge in [0, 0.05) is 12.2 Å². The van der Waals surface area contributed by atoms with E-state index in [2.05, 4.69) is 37.4 Å². The van der Waals surface area contributed by atoms with Crippen LogP contribution in [-0.2, 0) is 31.9 Å². The molecule has 0 spiro atoms. The second-order valence-corrected chi connectivity index (χ2v) is 5.48. The fraction of sp³-hybridized carbons (Fsp3) is 0.400. The molecule has 1 aromatic carbocycles. The Morgan fingerprint density at radius 1 is 0.833 bits per heavy atom. The molecule has 0 aliphatic heterocycles. The van der Waals surface area contributed by atoms with Gasteiger partial charge in [-0.2, -0.15) is 0 Å². The van der Waals surface area contributed by atoms with Crippen molar-refractivity contribution in [2.45, 2.75) is 38.5 Å². The van der Waals surface area contributed by atoms with Crippen molar-refractivity contribution in [1.82, 2.24) is 0 Å². The van der Waals surface area contributed by atoms with Crippen molar-refractivity contribution >= 4 is 11.9 Å². The van der Waals surface area contributed by atoms with E-state index < -0.39 is 0 Å². The van der Waals surface area contributed by atoms with E-state index in [1.165, 1.54) is 23.3 Å². The molecule has 0 atom stereocenters. The molecule has 24 heavy (non-hydrogen) atoms. The Kier molecular flexibility index (Phi) is 9.93. The summed E-state index contributed by atoms with van der Waals surface area (Å²) in [5, 5.41) is 0. The van der Waals surface area contributed by atoms with Crippen LogP contribution in [-0.4, -0.2) is 25.2 Å². The Morgan fingerprint density at radius 2 is 1.38 bits per heavy atom. The molecule has 0 fully saturated rings. The van der Waals surface area contributed by atoms with Crippen molar-refractivity contribution in [1.29, 1.82) is 0 Å². The summed E-state index contributed by atoms with van der Waals surface area (Å²) < 4.78 is 9.91. The smallest absolute Gasteiger partial charge is 0.330 e. The molecule has 0 saturated carbocycles. The summed E-state index contributed by atoms with van der Waals surface area (Å²) in [5.41, 5.74) is 2.56. The minimum atomic E-state index is -0.373. The zero-order chi connectivity index (χ0) is 17.6. The first-order valence-electron chi connectivity index (χ1n) is 8.32. The number of carbonyl (C=O) groups is 2. The molecule has 0 unspecified atom stereocenters. The highest BCUT2D eigenvalue weighted by molar-refractivity contribution is 5.81. The molecule has 1 aromatic rings. The zero-order valence-corrected chi connectivity index (χ0v) is 14.2. The van der Waals surface area contributed by atoms with Gasteiger partial charge in [-0.05, 0) is 49.7 Å². The minimum absolute atomic E-state index is 0.360. The molecular formula is C20H26O4. The van der Waals surface area contributed by atoms with Gasteiger partial charge < -0.3 is 9.47 Å². The number of aryl methyl sites for hydroxylation is 2. The van der Waals surface area contributed by atoms with Crippen LogP contribution < -0.4 is 0 Å². The first-order chi connectivity index (χ1) is 11.7. The van der Waals surface area contributed by atoms with Crippen molar-refractivity contribution in [2.75, 3.05) is 13.2 Å². The van der Waals surface area contributed by atoms with Gasteiger partial charge in [0.05, 0.1) is 13.2 Å². The molecule has 0 saturated heterocycles. The zero-order valence-electron chi connectivity index (χ0n) is 14.2. The van der Waals surface area contributed by atoms with E-state index >= 15 is 0 Å². The Hall–Kier alpha value is -2.36. The summed E-state index contributed by atoms with van der Waals surface area (Å²) in [6.45, 7) is 7.59. The summed E-state index contributed by atoms with van der Waals surface area (Å²) in [6.07, 6.45) is 8.01. The van der Waals surface area contributed by atoms with Gasteiger partial charge in [0.1, 0.15) is 0 Å². The van der Waals surface area contributed by atoms with E-state index in [9.17, 15) is 9.59 Å². The third kappa shape index (κ3) is 8.93. The summed E-state index contributed by atoms with van der Waals surface area (Å²) in [4.78, 5) is 21.8. The Labute approximate surface area is 144 Å². The molecule has 4 heteroatoms. The van der Waals surface area contributed by atoms with Crippen LogP contribution in [0.5, 0.6) is 0 Å². The standard InChI is InChI=1S/C20H26O4/c1-3-19(21)23-14-7-5-6-10-17-11-8-12-18(16-17)13-9-15-24-20(22)4-2/h3-4,8,11-12,16H,1-2,5-7,9-10,13-15H2. The van der Waals surface area contributed by atoms with Crippen molar-refractivity contribution in [3.63, 3.8) is 0 Å². The predicted octanol–water partition coefficient (Wildman–Crippen LogP) is 3.79. The van der Waals surface area contributed by atoms with Gasteiger partial charge in [0.15, 0.2) is 0 Å². The number of hydrogen-bond acceptors (Lipinski definition) is 4. The Balaban J connectivity index is 2.20. The van der Waals surface area contributed by atoms with Crippen LogP contribution in [0.25, 0.3) is 0 Å². The molecule has 0 bridgehead atoms. The lowest BCUT2D eigenvalue weighted by molar-refractivity contribution is -0.138. The van der Waals surface area contributed by atoms with E-state index in [1.54, 1.807) is 0 Å². The van der Waals surface area contributed by atoms with Crippen molar-refractivity contribution < 1.29 is 19.1 Å². The lowest BCUT2D eigenvalue weighted by atomic mass is 10.0. The van der Waals surface area contributed by atoms with Gasteiger partial charge in [-0.1, -0.05) is 37.4 Å². The Bertz CT molecular complexity index is 548. The van der Waals surface area contributed by atoms with Crippen LogP contribution in [0.3, 0.4) is 0 Å². The highest BCUT2D eigenvalue weighted by Crippen LogP contribution is 2.11. The summed E-state index contributed by atoms with van der Waals surface area (Å²) in [5.74, 6) is -0.732. The SMILES string of the molecule is C=CC(=O)OCCCCCc1cccc(CCCOC(=O)C=C)c1. The molecule has 0 aliphatic rings. The first kappa shape index (κ1) is 19.7. The molecule has 0 N–H and O–H groups in total. The molecule has 0 amide bonds. The number of ether oxygens (including phenoxy) is 2. The third-order valence-electron chi connectivity index (χ3n) is 3.53. The second kappa shape index (κ2) is 12.1. The highest BCUT2D eigenvalue weighted by Gasteiger charge is 2.00. The number of hydrogen-bond donors (Lipinski definition) is 0. The maximum Gasteiger partial charge on any atom is 0.330 e. The molecule has 4 nitrogen and oxygen atoms in total.